The third-order valence-electron chi connectivity index (χ3n) is 7.00. The molecule has 0 amide bonds. The van der Waals surface area contributed by atoms with E-state index in [2.05, 4.69) is 6.92 Å². The van der Waals surface area contributed by atoms with E-state index in [0.717, 1.165) is 18.9 Å². The standard InChI is InChI=1S/C33H48ClFNO5P/c1-2-3-4-5-6-7-8-9-10-11-12-13-14-15-16-17-20-23-39-42(37,40-33-22-19-18-21-32(33)34)41-38-28-30-24-29(27-36)25-31(35)26-30/h18-19,21-22,24-26H,2-17,20,23,28H2,1H3. The van der Waals surface area contributed by atoms with Gasteiger partial charge in [-0.15, -0.1) is 4.67 Å². The van der Waals surface area contributed by atoms with Gasteiger partial charge in [0.15, 0.2) is 0 Å². The van der Waals surface area contributed by atoms with E-state index in [1.54, 1.807) is 24.3 Å². The summed E-state index contributed by atoms with van der Waals surface area (Å²) >= 11 is 6.15. The fourth-order valence-electron chi connectivity index (χ4n) is 4.66. The van der Waals surface area contributed by atoms with Crippen molar-refractivity contribution in [1.82, 2.24) is 0 Å². The fraction of sp³-hybridized carbons (Fsp3) is 0.606. The van der Waals surface area contributed by atoms with Gasteiger partial charge in [0, 0.05) is 0 Å². The second-order valence-electron chi connectivity index (χ2n) is 10.8. The predicted octanol–water partition coefficient (Wildman–Crippen LogP) is 11.7. The van der Waals surface area contributed by atoms with Gasteiger partial charge < -0.3 is 4.52 Å². The van der Waals surface area contributed by atoms with Gasteiger partial charge in [0.2, 0.25) is 0 Å². The normalized spacial score (nSPS) is 12.6. The first kappa shape index (κ1) is 36.3. The lowest BCUT2D eigenvalue weighted by Gasteiger charge is -2.18. The van der Waals surface area contributed by atoms with Crippen LogP contribution in [0, 0.1) is 17.1 Å². The first-order valence-corrected chi connectivity index (χ1v) is 17.5. The van der Waals surface area contributed by atoms with E-state index in [1.807, 2.05) is 6.07 Å². The zero-order valence-corrected chi connectivity index (χ0v) is 26.8. The van der Waals surface area contributed by atoms with E-state index in [9.17, 15) is 8.96 Å². The van der Waals surface area contributed by atoms with Crippen LogP contribution < -0.4 is 4.52 Å². The van der Waals surface area contributed by atoms with Gasteiger partial charge in [0.05, 0.1) is 23.3 Å². The van der Waals surface area contributed by atoms with Gasteiger partial charge in [-0.3, -0.25) is 4.52 Å². The number of phosphoric ester groups is 1. The molecule has 0 heterocycles. The van der Waals surface area contributed by atoms with Gasteiger partial charge in [0.1, 0.15) is 18.2 Å². The molecule has 0 saturated heterocycles. The minimum absolute atomic E-state index is 0.131. The van der Waals surface area contributed by atoms with Gasteiger partial charge in [0.25, 0.3) is 0 Å². The molecule has 6 nitrogen and oxygen atoms in total. The third-order valence-corrected chi connectivity index (χ3v) is 8.52. The highest BCUT2D eigenvalue weighted by Gasteiger charge is 2.31. The van der Waals surface area contributed by atoms with Crippen LogP contribution in [0.5, 0.6) is 5.75 Å². The summed E-state index contributed by atoms with van der Waals surface area (Å²) in [6.07, 6.45) is 21.5. The number of hydrogen-bond acceptors (Lipinski definition) is 6. The summed E-state index contributed by atoms with van der Waals surface area (Å²) in [4.78, 5) is 5.11. The molecule has 0 radical (unpaired) electrons. The second kappa shape index (κ2) is 22.6. The number of hydrogen-bond donors (Lipinski definition) is 0. The largest absolute Gasteiger partial charge is 0.557 e. The van der Waals surface area contributed by atoms with Crippen molar-refractivity contribution in [2.24, 2.45) is 0 Å². The summed E-state index contributed by atoms with van der Waals surface area (Å²) in [6, 6.07) is 12.2. The van der Waals surface area contributed by atoms with Gasteiger partial charge in [-0.1, -0.05) is 133 Å². The number of benzene rings is 2. The number of halogens is 2. The smallest absolute Gasteiger partial charge is 0.401 e. The summed E-state index contributed by atoms with van der Waals surface area (Å²) in [6.45, 7) is 2.16. The molecule has 1 atom stereocenters. The Hall–Kier alpha value is -1.94. The Bertz CT molecular complexity index is 1100. The highest BCUT2D eigenvalue weighted by Crippen LogP contribution is 2.51. The molecule has 2 aromatic rings. The summed E-state index contributed by atoms with van der Waals surface area (Å²) in [5.41, 5.74) is 0.475. The van der Waals surface area contributed by atoms with Crippen molar-refractivity contribution in [3.05, 3.63) is 64.4 Å². The van der Waals surface area contributed by atoms with Crippen LogP contribution in [0.2, 0.25) is 5.02 Å². The average molecular weight is 624 g/mol. The molecule has 0 aromatic heterocycles. The van der Waals surface area contributed by atoms with Crippen molar-refractivity contribution in [2.75, 3.05) is 6.61 Å². The van der Waals surface area contributed by atoms with Gasteiger partial charge in [-0.2, -0.15) is 5.26 Å². The van der Waals surface area contributed by atoms with E-state index in [4.69, 9.17) is 35.5 Å². The predicted molar refractivity (Wildman–Crippen MR) is 167 cm³/mol. The molecule has 234 valence electrons. The van der Waals surface area contributed by atoms with Crippen LogP contribution in [0.3, 0.4) is 0 Å². The van der Waals surface area contributed by atoms with E-state index in [1.165, 1.54) is 102 Å². The van der Waals surface area contributed by atoms with E-state index in [-0.39, 0.29) is 29.5 Å². The van der Waals surface area contributed by atoms with Crippen molar-refractivity contribution in [3.8, 4) is 11.8 Å². The van der Waals surface area contributed by atoms with Crippen molar-refractivity contribution in [1.29, 1.82) is 5.26 Å². The van der Waals surface area contributed by atoms with Crippen LogP contribution in [-0.2, 0) is 25.3 Å². The molecule has 0 spiro atoms. The van der Waals surface area contributed by atoms with E-state index < -0.39 is 13.6 Å². The SMILES string of the molecule is CCCCCCCCCCCCCCCCCCCOP(=O)(OOCc1cc(F)cc(C#N)c1)Oc1ccccc1Cl. The van der Waals surface area contributed by atoms with Crippen LogP contribution in [0.1, 0.15) is 127 Å². The molecule has 0 bridgehead atoms. The molecule has 9 heteroatoms. The Balaban J connectivity index is 1.61. The molecule has 0 N–H and O–H groups in total. The number of unbranched alkanes of at least 4 members (excludes halogenated alkanes) is 16. The first-order chi connectivity index (χ1) is 20.5. The maximum Gasteiger partial charge on any atom is 0.557 e. The highest BCUT2D eigenvalue weighted by atomic mass is 35.5. The van der Waals surface area contributed by atoms with Crippen LogP contribution in [0.15, 0.2) is 42.5 Å². The molecule has 0 saturated carbocycles. The molecule has 0 aliphatic heterocycles. The topological polar surface area (TPSA) is 77.8 Å². The molecule has 2 aromatic carbocycles. The molecule has 2 rings (SSSR count). The van der Waals surface area contributed by atoms with E-state index >= 15 is 0 Å². The number of para-hydroxylation sites is 1. The zero-order valence-electron chi connectivity index (χ0n) is 25.2. The number of nitriles is 1. The average Bonchev–Trinajstić information content (AvgIpc) is 2.97. The Kier molecular flexibility index (Phi) is 19.5. The van der Waals surface area contributed by atoms with Gasteiger partial charge in [-0.25, -0.2) is 13.8 Å². The second-order valence-corrected chi connectivity index (χ2v) is 12.6. The Morgan fingerprint density at radius 2 is 1.36 bits per heavy atom. The number of nitrogens with zero attached hydrogens (tertiary/aromatic N) is 1. The quantitative estimate of drug-likeness (QED) is 0.0474. The summed E-state index contributed by atoms with van der Waals surface area (Å²) in [5, 5.41) is 9.27. The Labute approximate surface area is 257 Å². The minimum atomic E-state index is -4.19. The maximum atomic E-state index is 13.7. The van der Waals surface area contributed by atoms with Crippen LogP contribution in [-0.4, -0.2) is 6.61 Å². The molecule has 0 fully saturated rings. The highest BCUT2D eigenvalue weighted by molar-refractivity contribution is 7.48. The number of rotatable bonds is 25. The van der Waals surface area contributed by atoms with Crippen LogP contribution >= 0.6 is 19.4 Å². The lowest BCUT2D eigenvalue weighted by Crippen LogP contribution is -2.05. The molecule has 1 unspecified atom stereocenters. The van der Waals surface area contributed by atoms with Crippen LogP contribution in [0.25, 0.3) is 0 Å². The summed E-state index contributed by atoms with van der Waals surface area (Å²) in [5.74, 6) is -0.454. The third kappa shape index (κ3) is 16.6. The molecular formula is C33H48ClFNO5P. The Morgan fingerprint density at radius 1 is 0.810 bits per heavy atom. The lowest BCUT2D eigenvalue weighted by atomic mass is 10.0. The Morgan fingerprint density at radius 3 is 1.90 bits per heavy atom. The van der Waals surface area contributed by atoms with Crippen molar-refractivity contribution < 1.29 is 27.6 Å². The van der Waals surface area contributed by atoms with Gasteiger partial charge in [-0.05, 0) is 42.3 Å². The monoisotopic (exact) mass is 623 g/mol. The molecule has 42 heavy (non-hydrogen) atoms. The minimum Gasteiger partial charge on any atom is -0.401 e. The maximum absolute atomic E-state index is 13.7. The lowest BCUT2D eigenvalue weighted by molar-refractivity contribution is -0.233. The molecular weight excluding hydrogens is 576 g/mol. The van der Waals surface area contributed by atoms with Crippen molar-refractivity contribution in [3.63, 3.8) is 0 Å². The molecule has 0 aliphatic carbocycles. The van der Waals surface area contributed by atoms with Gasteiger partial charge >= 0.3 is 7.82 Å². The fourth-order valence-corrected chi connectivity index (χ4v) is 5.95. The summed E-state index contributed by atoms with van der Waals surface area (Å²) < 4.78 is 43.1. The summed E-state index contributed by atoms with van der Waals surface area (Å²) in [7, 11) is -4.19. The van der Waals surface area contributed by atoms with Crippen molar-refractivity contribution in [2.45, 2.75) is 123 Å². The van der Waals surface area contributed by atoms with Crippen LogP contribution in [0.4, 0.5) is 4.39 Å². The van der Waals surface area contributed by atoms with Crippen molar-refractivity contribution >= 4 is 19.4 Å². The number of phosphoric acid groups is 1. The first-order valence-electron chi connectivity index (χ1n) is 15.7. The van der Waals surface area contributed by atoms with E-state index in [0.29, 0.717) is 12.0 Å². The zero-order chi connectivity index (χ0) is 30.3. The molecule has 0 aliphatic rings.